The molecule has 0 aromatic heterocycles. The summed E-state index contributed by atoms with van der Waals surface area (Å²) in [5.74, 6) is 2.40. The van der Waals surface area contributed by atoms with Crippen molar-refractivity contribution in [3.8, 4) is 12.3 Å². The van der Waals surface area contributed by atoms with Crippen molar-refractivity contribution in [2.75, 3.05) is 79.3 Å². The molecule has 0 radical (unpaired) electrons. The van der Waals surface area contributed by atoms with Crippen LogP contribution in [0.1, 0.15) is 45.4 Å². The maximum atomic E-state index is 5.55. The van der Waals surface area contributed by atoms with Crippen molar-refractivity contribution in [3.63, 3.8) is 0 Å². The van der Waals surface area contributed by atoms with Gasteiger partial charge in [-0.05, 0) is 6.42 Å². The van der Waals surface area contributed by atoms with Crippen molar-refractivity contribution < 1.29 is 28.4 Å². The molecule has 0 fully saturated rings. The Hall–Kier alpha value is -0.680. The second-order valence-electron chi connectivity index (χ2n) is 6.09. The molecule has 0 heterocycles. The Kier molecular flexibility index (Phi) is 24.7. The lowest BCUT2D eigenvalue weighted by atomic mass is 10.1. The van der Waals surface area contributed by atoms with Crippen molar-refractivity contribution >= 4 is 0 Å². The summed E-state index contributed by atoms with van der Waals surface area (Å²) in [7, 11) is 0. The van der Waals surface area contributed by atoms with Crippen molar-refractivity contribution in [1.82, 2.24) is 0 Å². The average Bonchev–Trinajstić information content (AvgIpc) is 2.68. The Bertz CT molecular complexity index is 306. The second-order valence-corrected chi connectivity index (χ2v) is 6.09. The van der Waals surface area contributed by atoms with E-state index in [0.717, 1.165) is 13.0 Å². The summed E-state index contributed by atoms with van der Waals surface area (Å²) in [6, 6.07) is 0. The molecule has 0 aliphatic carbocycles. The van der Waals surface area contributed by atoms with Gasteiger partial charge in [-0.2, -0.15) is 0 Å². The SMILES string of the molecule is C#CCOCCOCCOCCOCCOCCOCCCCCCCC. The predicted octanol–water partition coefficient (Wildman–Crippen LogP) is 3.08. The van der Waals surface area contributed by atoms with Gasteiger partial charge in [0.2, 0.25) is 0 Å². The summed E-state index contributed by atoms with van der Waals surface area (Å²) in [4.78, 5) is 0. The van der Waals surface area contributed by atoms with Crippen LogP contribution in [0.25, 0.3) is 0 Å². The van der Waals surface area contributed by atoms with E-state index in [1.54, 1.807) is 0 Å². The molecule has 6 heteroatoms. The van der Waals surface area contributed by atoms with Crippen molar-refractivity contribution in [2.45, 2.75) is 45.4 Å². The van der Waals surface area contributed by atoms with Crippen LogP contribution in [0, 0.1) is 12.3 Å². The topological polar surface area (TPSA) is 55.4 Å². The molecule has 0 spiro atoms. The van der Waals surface area contributed by atoms with Crippen molar-refractivity contribution in [1.29, 1.82) is 0 Å². The van der Waals surface area contributed by atoms with Crippen LogP contribution in [-0.2, 0) is 28.4 Å². The van der Waals surface area contributed by atoms with Gasteiger partial charge in [0, 0.05) is 6.61 Å². The normalized spacial score (nSPS) is 11.0. The molecule has 160 valence electrons. The van der Waals surface area contributed by atoms with E-state index >= 15 is 0 Å². The van der Waals surface area contributed by atoms with E-state index in [2.05, 4.69) is 12.8 Å². The quantitative estimate of drug-likeness (QED) is 0.198. The maximum Gasteiger partial charge on any atom is 0.107 e. The Morgan fingerprint density at radius 1 is 0.481 bits per heavy atom. The van der Waals surface area contributed by atoms with E-state index in [-0.39, 0.29) is 0 Å². The van der Waals surface area contributed by atoms with Crippen molar-refractivity contribution in [2.24, 2.45) is 0 Å². The molecule has 0 aliphatic heterocycles. The number of unbranched alkanes of at least 4 members (excludes halogenated alkanes) is 5. The summed E-state index contributed by atoms with van der Waals surface area (Å²) < 4.78 is 32.2. The van der Waals surface area contributed by atoms with E-state index in [1.165, 1.54) is 32.1 Å². The van der Waals surface area contributed by atoms with E-state index in [1.807, 2.05) is 0 Å². The number of ether oxygens (including phenoxy) is 6. The van der Waals surface area contributed by atoms with Crippen LogP contribution in [0.5, 0.6) is 0 Å². The van der Waals surface area contributed by atoms with E-state index in [4.69, 9.17) is 34.8 Å². The maximum absolute atomic E-state index is 5.55. The highest BCUT2D eigenvalue weighted by molar-refractivity contribution is 4.82. The lowest BCUT2D eigenvalue weighted by Gasteiger charge is -2.08. The Labute approximate surface area is 166 Å². The molecule has 0 rings (SSSR count). The van der Waals surface area contributed by atoms with Crippen LogP contribution in [0.15, 0.2) is 0 Å². The summed E-state index contributed by atoms with van der Waals surface area (Å²) in [5, 5.41) is 0. The molecule has 0 saturated heterocycles. The third-order valence-electron chi connectivity index (χ3n) is 3.69. The smallest absolute Gasteiger partial charge is 0.107 e. The van der Waals surface area contributed by atoms with Gasteiger partial charge in [0.15, 0.2) is 0 Å². The zero-order valence-corrected chi connectivity index (χ0v) is 17.3. The minimum absolute atomic E-state index is 0.327. The van der Waals surface area contributed by atoms with Gasteiger partial charge in [0.05, 0.1) is 66.1 Å². The predicted molar refractivity (Wildman–Crippen MR) is 107 cm³/mol. The fraction of sp³-hybridized carbons (Fsp3) is 0.905. The first-order valence-corrected chi connectivity index (χ1v) is 10.3. The highest BCUT2D eigenvalue weighted by atomic mass is 16.6. The van der Waals surface area contributed by atoms with Crippen LogP contribution in [0.4, 0.5) is 0 Å². The van der Waals surface area contributed by atoms with Crippen LogP contribution in [-0.4, -0.2) is 79.3 Å². The highest BCUT2D eigenvalue weighted by Gasteiger charge is 1.94. The molecule has 0 saturated carbocycles. The van der Waals surface area contributed by atoms with Crippen LogP contribution >= 0.6 is 0 Å². The van der Waals surface area contributed by atoms with Gasteiger partial charge in [-0.25, -0.2) is 0 Å². The molecule has 6 nitrogen and oxygen atoms in total. The zero-order valence-electron chi connectivity index (χ0n) is 17.3. The molecule has 0 unspecified atom stereocenters. The second kappa shape index (κ2) is 25.3. The summed E-state index contributed by atoms with van der Waals surface area (Å²) in [6.45, 7) is 9.08. The van der Waals surface area contributed by atoms with Crippen LogP contribution in [0.2, 0.25) is 0 Å². The zero-order chi connectivity index (χ0) is 19.7. The van der Waals surface area contributed by atoms with E-state index < -0.39 is 0 Å². The summed E-state index contributed by atoms with van der Waals surface area (Å²) >= 11 is 0. The Morgan fingerprint density at radius 2 is 0.852 bits per heavy atom. The van der Waals surface area contributed by atoms with Crippen molar-refractivity contribution in [3.05, 3.63) is 0 Å². The minimum atomic E-state index is 0.327. The summed E-state index contributed by atoms with van der Waals surface area (Å²) in [5.41, 5.74) is 0. The molecule has 0 atom stereocenters. The number of rotatable bonds is 23. The summed E-state index contributed by atoms with van der Waals surface area (Å²) in [6.07, 6.45) is 12.8. The van der Waals surface area contributed by atoms with Gasteiger partial charge in [-0.3, -0.25) is 0 Å². The Balaban J connectivity index is 2.96. The third kappa shape index (κ3) is 25.3. The molecular formula is C21H40O6. The fourth-order valence-corrected chi connectivity index (χ4v) is 2.22. The van der Waals surface area contributed by atoms with Gasteiger partial charge in [-0.15, -0.1) is 6.42 Å². The van der Waals surface area contributed by atoms with Gasteiger partial charge in [-0.1, -0.05) is 44.9 Å². The molecule has 0 N–H and O–H groups in total. The molecule has 0 bridgehead atoms. The van der Waals surface area contributed by atoms with Gasteiger partial charge >= 0.3 is 0 Å². The number of terminal acetylenes is 1. The van der Waals surface area contributed by atoms with E-state index in [9.17, 15) is 0 Å². The average molecular weight is 389 g/mol. The van der Waals surface area contributed by atoms with Gasteiger partial charge < -0.3 is 28.4 Å². The molecule has 27 heavy (non-hydrogen) atoms. The van der Waals surface area contributed by atoms with Gasteiger partial charge in [0.1, 0.15) is 6.61 Å². The minimum Gasteiger partial charge on any atom is -0.379 e. The monoisotopic (exact) mass is 388 g/mol. The first kappa shape index (κ1) is 26.3. The molecule has 0 aromatic rings. The van der Waals surface area contributed by atoms with Crippen LogP contribution in [0.3, 0.4) is 0 Å². The Morgan fingerprint density at radius 3 is 1.30 bits per heavy atom. The number of hydrogen-bond donors (Lipinski definition) is 0. The molecule has 0 aliphatic rings. The highest BCUT2D eigenvalue weighted by Crippen LogP contribution is 2.04. The standard InChI is InChI=1S/C21H40O6/c1-3-5-6-7-8-9-11-23-13-15-25-17-19-27-21-20-26-18-16-24-14-12-22-10-4-2/h2H,3,5-21H2,1H3. The third-order valence-corrected chi connectivity index (χ3v) is 3.69. The first-order chi connectivity index (χ1) is 13.4. The van der Waals surface area contributed by atoms with Gasteiger partial charge in [0.25, 0.3) is 0 Å². The number of hydrogen-bond acceptors (Lipinski definition) is 6. The van der Waals surface area contributed by atoms with E-state index in [0.29, 0.717) is 72.7 Å². The lowest BCUT2D eigenvalue weighted by molar-refractivity contribution is -0.0156. The van der Waals surface area contributed by atoms with Crippen LogP contribution < -0.4 is 0 Å². The molecule has 0 amide bonds. The largest absolute Gasteiger partial charge is 0.379 e. The fourth-order valence-electron chi connectivity index (χ4n) is 2.22. The first-order valence-electron chi connectivity index (χ1n) is 10.3. The molecule has 0 aromatic carbocycles. The molecular weight excluding hydrogens is 348 g/mol. The lowest BCUT2D eigenvalue weighted by Crippen LogP contribution is -2.14.